The maximum absolute atomic E-state index is 14.7. The van der Waals surface area contributed by atoms with E-state index >= 15 is 0 Å². The SMILES string of the molecule is CO[C@@H]1C=CO[C@@]2(C)Oc3c(C)c(O)c4c(O)c(c(C=NN5CCCCCCCCCCCCCCC5)c(O)c4c3C2=O)NC(=O)C(C)=CC=C[C@H](C)[C@H](O)[C@H](C)[C@H](O)[C@H](C)[C@@H](OC(C)=O)[C@H]1C. The molecule has 4 aliphatic heterocycles. The van der Waals surface area contributed by atoms with E-state index in [-0.39, 0.29) is 44.5 Å². The van der Waals surface area contributed by atoms with Gasteiger partial charge >= 0.3 is 11.8 Å². The summed E-state index contributed by atoms with van der Waals surface area (Å²) in [5.41, 5.74) is -0.238. The van der Waals surface area contributed by atoms with Gasteiger partial charge in [0, 0.05) is 74.2 Å². The first-order valence-electron chi connectivity index (χ1n) is 24.7. The quantitative estimate of drug-likeness (QED) is 0.0730. The largest absolute Gasteiger partial charge is 0.507 e. The Morgan fingerprint density at radius 3 is 1.94 bits per heavy atom. The number of phenols is 3. The van der Waals surface area contributed by atoms with Gasteiger partial charge in [-0.15, -0.1) is 0 Å². The van der Waals surface area contributed by atoms with E-state index in [2.05, 4.69) is 5.32 Å². The van der Waals surface area contributed by atoms with Crippen LogP contribution in [0.1, 0.15) is 153 Å². The summed E-state index contributed by atoms with van der Waals surface area (Å²) >= 11 is 0. The summed E-state index contributed by atoms with van der Waals surface area (Å²) in [4.78, 5) is 41.1. The van der Waals surface area contributed by atoms with Gasteiger partial charge in [-0.2, -0.15) is 5.10 Å². The van der Waals surface area contributed by atoms with Gasteiger partial charge in [-0.05, 0) is 32.8 Å². The van der Waals surface area contributed by atoms with Gasteiger partial charge < -0.3 is 49.8 Å². The lowest BCUT2D eigenvalue weighted by Gasteiger charge is -2.38. The molecule has 1 saturated heterocycles. The van der Waals surface area contributed by atoms with Crippen molar-refractivity contribution in [3.63, 3.8) is 0 Å². The van der Waals surface area contributed by atoms with Crippen molar-refractivity contribution in [3.8, 4) is 23.0 Å². The molecule has 5 bridgehead atoms. The zero-order chi connectivity index (χ0) is 49.9. The molecule has 68 heavy (non-hydrogen) atoms. The first-order chi connectivity index (χ1) is 32.3. The zero-order valence-corrected chi connectivity index (χ0v) is 41.7. The number of aliphatic hydroxyl groups is 2. The average Bonchev–Trinajstić information content (AvgIpc) is 3.57. The van der Waals surface area contributed by atoms with E-state index in [1.165, 1.54) is 97.5 Å². The number of ether oxygens (including phenoxy) is 4. The van der Waals surface area contributed by atoms with Crippen LogP contribution in [-0.4, -0.2) is 105 Å². The summed E-state index contributed by atoms with van der Waals surface area (Å²) in [5, 5.41) is 68.4. The Morgan fingerprint density at radius 1 is 0.809 bits per heavy atom. The van der Waals surface area contributed by atoms with E-state index in [9.17, 15) is 39.9 Å². The number of esters is 1. The number of hydrogen-bond donors (Lipinski definition) is 6. The molecule has 2 aromatic rings. The first-order valence-corrected chi connectivity index (χ1v) is 24.7. The molecule has 6 N–H and O–H groups in total. The Balaban J connectivity index is 1.66. The second-order valence-corrected chi connectivity index (χ2v) is 19.4. The number of methoxy groups -OCH3 is 1. The summed E-state index contributed by atoms with van der Waals surface area (Å²) in [7, 11) is 1.45. The predicted molar refractivity (Wildman–Crippen MR) is 263 cm³/mol. The molecule has 9 atom stereocenters. The second-order valence-electron chi connectivity index (χ2n) is 19.4. The number of carbonyl (C=O) groups excluding carboxylic acids is 3. The molecule has 1 fully saturated rings. The fourth-order valence-electron chi connectivity index (χ4n) is 9.77. The number of ketones is 1. The number of aliphatic hydroxyl groups excluding tert-OH is 2. The first kappa shape index (κ1) is 53.8. The normalized spacial score (nSPS) is 29.2. The predicted octanol–water partition coefficient (Wildman–Crippen LogP) is 9.47. The van der Waals surface area contributed by atoms with Gasteiger partial charge in [0.15, 0.2) is 5.75 Å². The van der Waals surface area contributed by atoms with Crippen molar-refractivity contribution in [1.82, 2.24) is 5.01 Å². The molecule has 6 rings (SSSR count). The topological polar surface area (TPSA) is 217 Å². The number of carbonyl (C=O) groups is 3. The summed E-state index contributed by atoms with van der Waals surface area (Å²) in [6, 6.07) is 0. The molecule has 0 aliphatic carbocycles. The molecule has 15 heteroatoms. The number of phenolic OH excluding ortho intramolecular Hbond substituents is 3. The third-order valence-electron chi connectivity index (χ3n) is 14.2. The highest BCUT2D eigenvalue weighted by Crippen LogP contribution is 2.55. The summed E-state index contributed by atoms with van der Waals surface area (Å²) < 4.78 is 23.9. The number of nitrogens with one attached hydrogen (secondary N) is 1. The number of Topliss-reactive ketones (excluding diaryl/α,β-unsaturated/α-hetero) is 1. The highest BCUT2D eigenvalue weighted by atomic mass is 16.7. The van der Waals surface area contributed by atoms with Crippen LogP contribution in [0.2, 0.25) is 0 Å². The lowest BCUT2D eigenvalue weighted by atomic mass is 9.78. The fraction of sp³-hybridized carbons (Fsp3) is 0.623. The summed E-state index contributed by atoms with van der Waals surface area (Å²) in [6.45, 7) is 14.0. The fourth-order valence-corrected chi connectivity index (χ4v) is 9.77. The van der Waals surface area contributed by atoms with Crippen LogP contribution in [0.3, 0.4) is 0 Å². The number of amides is 1. The molecule has 1 amide bonds. The molecule has 376 valence electrons. The van der Waals surface area contributed by atoms with Gasteiger partial charge in [0.1, 0.15) is 23.4 Å². The van der Waals surface area contributed by atoms with Crippen molar-refractivity contribution < 1.29 is 58.9 Å². The van der Waals surface area contributed by atoms with Gasteiger partial charge in [0.25, 0.3) is 11.7 Å². The molecule has 0 unspecified atom stereocenters. The van der Waals surface area contributed by atoms with Gasteiger partial charge in [0.2, 0.25) is 0 Å². The molecule has 0 aromatic heterocycles. The van der Waals surface area contributed by atoms with Crippen molar-refractivity contribution in [2.45, 2.75) is 169 Å². The lowest BCUT2D eigenvalue weighted by Crippen LogP contribution is -2.46. The highest BCUT2D eigenvalue weighted by Gasteiger charge is 2.50. The Bertz CT molecular complexity index is 2200. The summed E-state index contributed by atoms with van der Waals surface area (Å²) in [5.74, 6) is -8.23. The van der Waals surface area contributed by atoms with Gasteiger partial charge in [-0.1, -0.05) is 117 Å². The van der Waals surface area contributed by atoms with E-state index in [4.69, 9.17) is 24.0 Å². The van der Waals surface area contributed by atoms with Gasteiger partial charge in [-0.3, -0.25) is 19.4 Å². The monoisotopic (exact) mass is 948 g/mol. The van der Waals surface area contributed by atoms with Gasteiger partial charge in [0.05, 0.1) is 53.0 Å². The van der Waals surface area contributed by atoms with Crippen LogP contribution in [0.4, 0.5) is 5.69 Å². The molecule has 0 spiro atoms. The number of allylic oxidation sites excluding steroid dienone is 2. The van der Waals surface area contributed by atoms with Crippen LogP contribution in [-0.2, 0) is 23.8 Å². The van der Waals surface area contributed by atoms with E-state index in [0.717, 1.165) is 38.5 Å². The van der Waals surface area contributed by atoms with Crippen LogP contribution in [0.15, 0.2) is 41.2 Å². The molecule has 4 aliphatic rings. The Kier molecular flexibility index (Phi) is 19.3. The molecule has 4 heterocycles. The Hall–Kier alpha value is -5.12. The average molecular weight is 948 g/mol. The Morgan fingerprint density at radius 2 is 1.38 bits per heavy atom. The van der Waals surface area contributed by atoms with E-state index in [1.54, 1.807) is 46.8 Å². The third-order valence-corrected chi connectivity index (χ3v) is 14.2. The van der Waals surface area contributed by atoms with E-state index in [1.807, 2.05) is 5.01 Å². The standard InChI is InChI=1S/C53H77N3O12/c1-31-24-23-25-32(2)52(64)55-43-38(30-54-56-27-21-19-17-15-13-11-10-12-14-16-18-20-22-28-56)47(61)40-41(48(43)62)46(60)36(6)50-42(40)51(63)53(8,68-50)66-29-26-39(65-9)33(3)49(67-37(7)57)35(5)45(59)34(4)44(31)58/h23-26,29-31,33-35,39,44-45,49,58-62H,10-22,27-28H2,1-9H3,(H,55,64)/t31-,33-,34-,35-,39+,44-,45-,49-,53-/m0/s1. The number of benzene rings is 2. The molecule has 2 aromatic carbocycles. The minimum absolute atomic E-state index is 0.0696. The van der Waals surface area contributed by atoms with Crippen molar-refractivity contribution >= 4 is 40.3 Å². The summed E-state index contributed by atoms with van der Waals surface area (Å²) in [6.07, 6.45) is 19.9. The van der Waals surface area contributed by atoms with Crippen LogP contribution in [0.5, 0.6) is 23.0 Å². The number of hydrogen-bond acceptors (Lipinski definition) is 14. The number of rotatable bonds is 4. The molecule has 0 saturated carbocycles. The van der Waals surface area contributed by atoms with Crippen molar-refractivity contribution in [2.24, 2.45) is 28.8 Å². The van der Waals surface area contributed by atoms with Crippen molar-refractivity contribution in [1.29, 1.82) is 0 Å². The van der Waals surface area contributed by atoms with Gasteiger partial charge in [-0.25, -0.2) is 0 Å². The minimum atomic E-state index is -2.05. The zero-order valence-electron chi connectivity index (χ0n) is 41.7. The molecular formula is C53H77N3O12. The molecule has 15 nitrogen and oxygen atoms in total. The number of anilines is 1. The number of nitrogens with zero attached hydrogens (tertiary/aromatic N) is 2. The van der Waals surface area contributed by atoms with E-state index in [0.29, 0.717) is 13.1 Å². The number of aromatic hydroxyl groups is 3. The molecule has 0 radical (unpaired) electrons. The number of hydrazone groups is 1. The lowest BCUT2D eigenvalue weighted by molar-refractivity contribution is -0.160. The highest BCUT2D eigenvalue weighted by molar-refractivity contribution is 6.23. The number of fused-ring (bicyclic) bond motifs is 14. The minimum Gasteiger partial charge on any atom is -0.507 e. The maximum Gasteiger partial charge on any atom is 0.312 e. The van der Waals surface area contributed by atoms with Crippen molar-refractivity contribution in [3.05, 3.63) is 52.8 Å². The van der Waals surface area contributed by atoms with E-state index < -0.39 is 88.8 Å². The Labute approximate surface area is 402 Å². The van der Waals surface area contributed by atoms with Crippen molar-refractivity contribution in [2.75, 3.05) is 25.5 Å². The maximum atomic E-state index is 14.7. The van der Waals surface area contributed by atoms with Crippen LogP contribution in [0.25, 0.3) is 10.8 Å². The van der Waals surface area contributed by atoms with Crippen LogP contribution in [0, 0.1) is 30.6 Å². The smallest absolute Gasteiger partial charge is 0.312 e. The van der Waals surface area contributed by atoms with Crippen LogP contribution < -0.4 is 10.1 Å². The second kappa shape index (κ2) is 24.4. The molecular weight excluding hydrogens is 871 g/mol. The van der Waals surface area contributed by atoms with Crippen LogP contribution >= 0.6 is 0 Å². The third kappa shape index (κ3) is 12.6.